The molecule has 0 atom stereocenters. The second kappa shape index (κ2) is 10.4. The van der Waals surface area contributed by atoms with Gasteiger partial charge in [-0.05, 0) is 58.5 Å². The molecule has 3 aromatic rings. The summed E-state index contributed by atoms with van der Waals surface area (Å²) in [4.78, 5) is 25.7. The van der Waals surface area contributed by atoms with E-state index in [-0.39, 0.29) is 23.1 Å². The summed E-state index contributed by atoms with van der Waals surface area (Å²) in [5.41, 5.74) is 2.97. The first-order chi connectivity index (χ1) is 18.9. The van der Waals surface area contributed by atoms with Crippen LogP contribution in [0.1, 0.15) is 56.5 Å². The molecule has 2 aliphatic rings. The minimum absolute atomic E-state index is 0.0265. The predicted octanol–water partition coefficient (Wildman–Crippen LogP) is 6.24. The molecule has 2 aromatic carbocycles. The molecule has 0 spiro atoms. The zero-order valence-corrected chi connectivity index (χ0v) is 24.9. The van der Waals surface area contributed by atoms with Gasteiger partial charge in [0.2, 0.25) is 5.95 Å². The van der Waals surface area contributed by atoms with Crippen molar-refractivity contribution in [3.05, 3.63) is 58.7 Å². The van der Waals surface area contributed by atoms with Gasteiger partial charge in [0.15, 0.2) is 5.82 Å². The highest BCUT2D eigenvalue weighted by atomic mass is 35.5. The summed E-state index contributed by atoms with van der Waals surface area (Å²) < 4.78 is 12.1. The van der Waals surface area contributed by atoms with E-state index in [2.05, 4.69) is 60.2 Å². The van der Waals surface area contributed by atoms with Gasteiger partial charge < -0.3 is 25.0 Å². The first-order valence-corrected chi connectivity index (χ1v) is 13.8. The summed E-state index contributed by atoms with van der Waals surface area (Å²) in [6, 6.07) is 11.4. The Balaban J connectivity index is 1.34. The van der Waals surface area contributed by atoms with Gasteiger partial charge in [-0.1, -0.05) is 23.7 Å². The number of anilines is 4. The minimum atomic E-state index is -0.0407. The quantitative estimate of drug-likeness (QED) is 0.348. The number of likely N-dealkylation sites (tertiary alicyclic amines) is 1. The number of hydrogen-bond donors (Lipinski definition) is 2. The van der Waals surface area contributed by atoms with Crippen LogP contribution < -0.4 is 20.1 Å². The average molecular weight is 565 g/mol. The molecule has 3 heterocycles. The van der Waals surface area contributed by atoms with Crippen molar-refractivity contribution in [3.63, 3.8) is 0 Å². The maximum Gasteiger partial charge on any atom is 0.256 e. The largest absolute Gasteiger partial charge is 0.494 e. The summed E-state index contributed by atoms with van der Waals surface area (Å²) >= 11 is 6.43. The van der Waals surface area contributed by atoms with Gasteiger partial charge in [-0.3, -0.25) is 9.69 Å². The first kappa shape index (κ1) is 28.0. The topological polar surface area (TPSA) is 91.8 Å². The molecule has 5 rings (SSSR count). The van der Waals surface area contributed by atoms with Gasteiger partial charge in [-0.25, -0.2) is 4.98 Å². The zero-order valence-electron chi connectivity index (χ0n) is 24.1. The molecule has 2 aliphatic heterocycles. The number of benzene rings is 2. The molecular formula is C30H37ClN6O3. The van der Waals surface area contributed by atoms with Gasteiger partial charge in [0.25, 0.3) is 5.91 Å². The van der Waals surface area contributed by atoms with E-state index in [1.54, 1.807) is 19.1 Å². The van der Waals surface area contributed by atoms with E-state index in [0.29, 0.717) is 46.0 Å². The van der Waals surface area contributed by atoms with Crippen molar-refractivity contribution in [2.45, 2.75) is 64.3 Å². The monoisotopic (exact) mass is 564 g/mol. The molecule has 9 nitrogen and oxygen atoms in total. The Morgan fingerprint density at radius 2 is 1.75 bits per heavy atom. The van der Waals surface area contributed by atoms with Gasteiger partial charge in [0.05, 0.1) is 30.2 Å². The third-order valence-electron chi connectivity index (χ3n) is 8.11. The van der Waals surface area contributed by atoms with E-state index in [9.17, 15) is 4.79 Å². The number of rotatable bonds is 7. The number of nitrogens with one attached hydrogen (secondary N) is 2. The SMILES string of the molecule is COc1cc(OC2CC(C)(C)N(C)C(C)(C)C2)ccc1Nc1ncc(Cl)c(Nc2cccc3c2C(=O)N(C)C3)n1. The van der Waals surface area contributed by atoms with Gasteiger partial charge in [0, 0.05) is 43.6 Å². The number of carbonyl (C=O) groups is 1. The molecule has 0 bridgehead atoms. The van der Waals surface area contributed by atoms with E-state index in [1.165, 1.54) is 6.20 Å². The lowest BCUT2D eigenvalue weighted by Gasteiger charge is -2.53. The predicted molar refractivity (Wildman–Crippen MR) is 158 cm³/mol. The van der Waals surface area contributed by atoms with Crippen LogP contribution in [0.3, 0.4) is 0 Å². The highest BCUT2D eigenvalue weighted by Crippen LogP contribution is 2.40. The summed E-state index contributed by atoms with van der Waals surface area (Å²) in [5.74, 6) is 2.03. The Morgan fingerprint density at radius 1 is 1.02 bits per heavy atom. The Labute approximate surface area is 240 Å². The molecule has 1 amide bonds. The van der Waals surface area contributed by atoms with Gasteiger partial charge in [0.1, 0.15) is 22.6 Å². The van der Waals surface area contributed by atoms with Crippen LogP contribution >= 0.6 is 11.6 Å². The Bertz CT molecular complexity index is 1420. The number of aromatic nitrogens is 2. The molecule has 40 heavy (non-hydrogen) atoms. The second-order valence-corrected chi connectivity index (χ2v) is 12.2. The summed E-state index contributed by atoms with van der Waals surface area (Å²) in [7, 11) is 5.58. The van der Waals surface area contributed by atoms with Crippen molar-refractivity contribution in [2.24, 2.45) is 0 Å². The lowest BCUT2D eigenvalue weighted by Crippen LogP contribution is -2.60. The standard InChI is InChI=1S/C30H37ClN6O3/c1-29(2)14-20(15-30(3,4)37(29)6)40-19-11-12-22(24(13-19)39-7)34-28-32-16-21(31)26(35-28)33-23-10-8-9-18-17-36(5)27(38)25(18)23/h8-13,16,20H,14-15,17H2,1-7H3,(H2,32,33,34,35). The number of nitrogens with zero attached hydrogens (tertiary/aromatic N) is 4. The fourth-order valence-corrected chi connectivity index (χ4v) is 5.91. The van der Waals surface area contributed by atoms with Crippen LogP contribution in [-0.4, -0.2) is 64.1 Å². The van der Waals surface area contributed by atoms with Gasteiger partial charge in [-0.2, -0.15) is 4.98 Å². The van der Waals surface area contributed by atoms with Crippen molar-refractivity contribution in [3.8, 4) is 11.5 Å². The van der Waals surface area contributed by atoms with Gasteiger partial charge >= 0.3 is 0 Å². The molecule has 0 saturated carbocycles. The Morgan fingerprint density at radius 3 is 2.45 bits per heavy atom. The number of halogens is 1. The molecule has 1 fully saturated rings. The molecule has 212 valence electrons. The number of amides is 1. The number of carbonyl (C=O) groups excluding carboxylic acids is 1. The normalized spacial score (nSPS) is 18.4. The van der Waals surface area contributed by atoms with E-state index >= 15 is 0 Å². The molecule has 10 heteroatoms. The Hall–Kier alpha value is -3.56. The molecule has 0 unspecified atom stereocenters. The lowest BCUT2D eigenvalue weighted by atomic mass is 9.79. The summed E-state index contributed by atoms with van der Waals surface area (Å²) in [5, 5.41) is 6.78. The summed E-state index contributed by atoms with van der Waals surface area (Å²) in [6.07, 6.45) is 3.46. The third kappa shape index (κ3) is 5.40. The zero-order chi connectivity index (χ0) is 28.8. The average Bonchev–Trinajstić information content (AvgIpc) is 3.19. The molecule has 1 aromatic heterocycles. The molecule has 0 radical (unpaired) electrons. The van der Waals surface area contributed by atoms with Crippen molar-refractivity contribution >= 4 is 40.6 Å². The molecule has 0 aliphatic carbocycles. The fraction of sp³-hybridized carbons (Fsp3) is 0.433. The van der Waals surface area contributed by atoms with Crippen LogP contribution in [-0.2, 0) is 6.54 Å². The number of ether oxygens (including phenoxy) is 2. The second-order valence-electron chi connectivity index (χ2n) is 11.8. The van der Waals surface area contributed by atoms with E-state index in [1.807, 2.05) is 36.4 Å². The highest BCUT2D eigenvalue weighted by molar-refractivity contribution is 6.33. The van der Waals surface area contributed by atoms with Crippen molar-refractivity contribution < 1.29 is 14.3 Å². The van der Waals surface area contributed by atoms with Crippen molar-refractivity contribution in [1.29, 1.82) is 0 Å². The number of piperidine rings is 1. The van der Waals surface area contributed by atoms with E-state index in [4.69, 9.17) is 21.1 Å². The first-order valence-electron chi connectivity index (χ1n) is 13.4. The van der Waals surface area contributed by atoms with Crippen molar-refractivity contribution in [2.75, 3.05) is 31.8 Å². The maximum absolute atomic E-state index is 12.7. The van der Waals surface area contributed by atoms with Crippen LogP contribution in [0.2, 0.25) is 5.02 Å². The minimum Gasteiger partial charge on any atom is -0.494 e. The highest BCUT2D eigenvalue weighted by Gasteiger charge is 2.44. The van der Waals surface area contributed by atoms with Crippen LogP contribution in [0, 0.1) is 0 Å². The van der Waals surface area contributed by atoms with Crippen LogP contribution in [0.25, 0.3) is 0 Å². The number of methoxy groups -OCH3 is 1. The fourth-order valence-electron chi connectivity index (χ4n) is 5.77. The number of fused-ring (bicyclic) bond motifs is 1. The smallest absolute Gasteiger partial charge is 0.256 e. The third-order valence-corrected chi connectivity index (χ3v) is 8.39. The van der Waals surface area contributed by atoms with E-state index in [0.717, 1.165) is 24.2 Å². The van der Waals surface area contributed by atoms with Crippen LogP contribution in [0.15, 0.2) is 42.6 Å². The van der Waals surface area contributed by atoms with E-state index < -0.39 is 0 Å². The molecule has 1 saturated heterocycles. The van der Waals surface area contributed by atoms with Crippen molar-refractivity contribution in [1.82, 2.24) is 19.8 Å². The lowest BCUT2D eigenvalue weighted by molar-refractivity contribution is -0.0556. The summed E-state index contributed by atoms with van der Waals surface area (Å²) in [6.45, 7) is 9.60. The molecule has 2 N–H and O–H groups in total. The van der Waals surface area contributed by atoms with Crippen LogP contribution in [0.4, 0.5) is 23.1 Å². The van der Waals surface area contributed by atoms with Crippen LogP contribution in [0.5, 0.6) is 11.5 Å². The maximum atomic E-state index is 12.7. The van der Waals surface area contributed by atoms with Gasteiger partial charge in [-0.15, -0.1) is 0 Å². The molecular weight excluding hydrogens is 528 g/mol. The Kier molecular flexibility index (Phi) is 7.31. The number of hydrogen-bond acceptors (Lipinski definition) is 8.